The second-order valence-corrected chi connectivity index (χ2v) is 27.2. The van der Waals surface area contributed by atoms with Crippen LogP contribution in [0.4, 0.5) is 0 Å². The third-order valence-electron chi connectivity index (χ3n) is 9.94. The molecule has 0 saturated heterocycles. The molecule has 0 bridgehead atoms. The minimum atomic E-state index is -2.92. The van der Waals surface area contributed by atoms with Crippen LogP contribution in [0.2, 0.25) is 0 Å². The van der Waals surface area contributed by atoms with Gasteiger partial charge in [-0.2, -0.15) is 0 Å². The largest absolute Gasteiger partial charge is 2.00 e. The SMILES string of the molecule is CC(C)CC(C)c1ccccc1OP(=S)([S-])Oc1ccccc1C(C)CC(C)C.CC(C)CC(C)c1ccccc1OP(=S)([S-])Oc1ccccc1C(C)CC(C)C.[Zn+2]. The molecule has 320 valence electrons. The van der Waals surface area contributed by atoms with Gasteiger partial charge >= 0.3 is 19.5 Å². The first-order valence-electron chi connectivity index (χ1n) is 20.9. The van der Waals surface area contributed by atoms with Crippen LogP contribution >= 0.6 is 11.4 Å². The molecule has 4 aromatic carbocycles. The van der Waals surface area contributed by atoms with E-state index in [1.54, 1.807) is 0 Å². The van der Waals surface area contributed by atoms with E-state index >= 15 is 0 Å². The molecule has 0 N–H and O–H groups in total. The van der Waals surface area contributed by atoms with Crippen molar-refractivity contribution in [1.29, 1.82) is 0 Å². The molecule has 4 rings (SSSR count). The molecule has 0 aliphatic carbocycles. The van der Waals surface area contributed by atoms with Gasteiger partial charge in [0.2, 0.25) is 0 Å². The fourth-order valence-corrected chi connectivity index (χ4v) is 11.4. The molecule has 4 nitrogen and oxygen atoms in total. The van der Waals surface area contributed by atoms with Crippen molar-refractivity contribution < 1.29 is 37.6 Å². The Morgan fingerprint density at radius 1 is 0.373 bits per heavy atom. The van der Waals surface area contributed by atoms with Crippen LogP contribution in [0.5, 0.6) is 23.0 Å². The smallest absolute Gasteiger partial charge is 0.665 e. The van der Waals surface area contributed by atoms with Gasteiger partial charge in [-0.15, -0.1) is 0 Å². The maximum atomic E-state index is 6.17. The van der Waals surface area contributed by atoms with E-state index in [4.69, 9.17) is 66.2 Å². The van der Waals surface area contributed by atoms with Gasteiger partial charge in [0.15, 0.2) is 11.4 Å². The zero-order valence-electron chi connectivity index (χ0n) is 37.6. The molecule has 0 spiro atoms. The molecule has 0 aromatic heterocycles. The second kappa shape index (κ2) is 25.7. The van der Waals surface area contributed by atoms with Crippen molar-refractivity contribution in [3.63, 3.8) is 0 Å². The fraction of sp³-hybridized carbons (Fsp3) is 0.500. The summed E-state index contributed by atoms with van der Waals surface area (Å²) in [7, 11) is 0. The number of rotatable bonds is 20. The van der Waals surface area contributed by atoms with Gasteiger partial charge in [-0.05, 0) is 143 Å². The Morgan fingerprint density at radius 3 is 0.712 bits per heavy atom. The van der Waals surface area contributed by atoms with Crippen LogP contribution < -0.4 is 18.1 Å². The van der Waals surface area contributed by atoms with Crippen molar-refractivity contribution in [1.82, 2.24) is 0 Å². The molecule has 11 heteroatoms. The Kier molecular flexibility index (Phi) is 23.5. The summed E-state index contributed by atoms with van der Waals surface area (Å²) in [6.45, 7) is 26.7. The molecule has 0 saturated carbocycles. The number of benzene rings is 4. The predicted molar refractivity (Wildman–Crippen MR) is 263 cm³/mol. The normalized spacial score (nSPS) is 15.5. The Bertz CT molecular complexity index is 1690. The van der Waals surface area contributed by atoms with Gasteiger partial charge in [0.1, 0.15) is 23.0 Å². The van der Waals surface area contributed by atoms with Gasteiger partial charge in [0.25, 0.3) is 0 Å². The molecule has 0 heterocycles. The Balaban J connectivity index is 0.000000400. The maximum Gasteiger partial charge on any atom is 2.00 e. The minimum Gasteiger partial charge on any atom is -0.665 e. The summed E-state index contributed by atoms with van der Waals surface area (Å²) in [5, 5.41) is 0. The maximum absolute atomic E-state index is 6.17. The summed E-state index contributed by atoms with van der Waals surface area (Å²) in [5.74, 6) is 6.93. The first-order chi connectivity index (χ1) is 27.2. The van der Waals surface area contributed by atoms with E-state index in [-0.39, 0.29) is 19.5 Å². The van der Waals surface area contributed by atoms with E-state index in [1.807, 2.05) is 72.8 Å². The number of hydrogen-bond donors (Lipinski definition) is 0. The van der Waals surface area contributed by atoms with Gasteiger partial charge in [-0.1, -0.05) is 156 Å². The van der Waals surface area contributed by atoms with E-state index < -0.39 is 11.4 Å². The topological polar surface area (TPSA) is 36.9 Å². The zero-order chi connectivity index (χ0) is 43.2. The van der Waals surface area contributed by atoms with Crippen LogP contribution in [0.25, 0.3) is 0 Å². The van der Waals surface area contributed by atoms with E-state index in [9.17, 15) is 0 Å². The third kappa shape index (κ3) is 18.9. The molecule has 59 heavy (non-hydrogen) atoms. The summed E-state index contributed by atoms with van der Waals surface area (Å²) in [6.07, 6.45) is 4.32. The van der Waals surface area contributed by atoms with E-state index in [2.05, 4.69) is 107 Å². The van der Waals surface area contributed by atoms with Crippen LogP contribution in [0, 0.1) is 23.7 Å². The van der Waals surface area contributed by atoms with Crippen LogP contribution in [-0.4, -0.2) is 0 Å². The van der Waals surface area contributed by atoms with Gasteiger partial charge < -0.3 is 42.6 Å². The van der Waals surface area contributed by atoms with Crippen molar-refractivity contribution in [3.05, 3.63) is 119 Å². The first kappa shape index (κ1) is 53.8. The van der Waals surface area contributed by atoms with Gasteiger partial charge in [-0.3, -0.25) is 0 Å². The summed E-state index contributed by atoms with van der Waals surface area (Å²) >= 11 is 22.6. The summed E-state index contributed by atoms with van der Waals surface area (Å²) in [5.41, 5.74) is -1.27. The average molecular weight is 965 g/mol. The van der Waals surface area contributed by atoms with Crippen molar-refractivity contribution in [2.24, 2.45) is 23.7 Å². The summed E-state index contributed by atoms with van der Waals surface area (Å²) < 4.78 is 24.7. The molecule has 4 aromatic rings. The van der Waals surface area contributed by atoms with E-state index in [0.29, 0.717) is 47.3 Å². The molecular weight excluding hydrogens is 896 g/mol. The molecular formula is C48H68O4P2S4Zn. The number of hydrogen-bond acceptors (Lipinski definition) is 8. The van der Waals surface area contributed by atoms with Crippen LogP contribution in [0.1, 0.15) is 155 Å². The van der Waals surface area contributed by atoms with E-state index in [1.165, 1.54) is 0 Å². The van der Waals surface area contributed by atoms with Crippen molar-refractivity contribution in [3.8, 4) is 23.0 Å². The number of para-hydroxylation sites is 4. The molecule has 0 radical (unpaired) electrons. The average Bonchev–Trinajstić information content (AvgIpc) is 3.11. The predicted octanol–water partition coefficient (Wildman–Crippen LogP) is 16.4. The molecule has 4 unspecified atom stereocenters. The van der Waals surface area contributed by atoms with Gasteiger partial charge in [-0.25, -0.2) is 0 Å². The van der Waals surface area contributed by atoms with Crippen molar-refractivity contribution >= 4 is 59.5 Å². The first-order valence-corrected chi connectivity index (χ1v) is 28.2. The Labute approximate surface area is 392 Å². The second-order valence-electron chi connectivity index (χ2n) is 17.5. The molecule has 4 atom stereocenters. The third-order valence-corrected chi connectivity index (χ3v) is 13.4. The van der Waals surface area contributed by atoms with Gasteiger partial charge in [0, 0.05) is 0 Å². The fourth-order valence-electron chi connectivity index (χ4n) is 7.74. The zero-order valence-corrected chi connectivity index (χ0v) is 45.6. The van der Waals surface area contributed by atoms with Crippen LogP contribution in [0.3, 0.4) is 0 Å². The molecule has 0 aliphatic rings. The Morgan fingerprint density at radius 2 is 0.542 bits per heavy atom. The summed E-state index contributed by atoms with van der Waals surface area (Å²) in [4.78, 5) is 0. The van der Waals surface area contributed by atoms with Crippen LogP contribution in [0.15, 0.2) is 97.1 Å². The standard InChI is InChI=1S/2C24H35O2PS2.Zn/c2*1-17(2)15-19(5)21-11-7-9-13-23(21)25-27(28,29)26-24-14-10-8-12-22(24)20(6)16-18(3)4;/h2*7-14,17-20H,15-16H2,1-6H3,(H,28,29);/q;;+2/p-2. The summed E-state index contributed by atoms with van der Waals surface area (Å²) in [6, 6.07) is 32.2. The Hall–Kier alpha value is -1.30. The minimum absolute atomic E-state index is 0. The molecule has 0 aliphatic heterocycles. The van der Waals surface area contributed by atoms with Crippen molar-refractivity contribution in [2.45, 2.75) is 132 Å². The van der Waals surface area contributed by atoms with E-state index in [0.717, 1.165) is 70.9 Å². The van der Waals surface area contributed by atoms with Crippen molar-refractivity contribution in [2.75, 3.05) is 0 Å². The molecule has 0 amide bonds. The van der Waals surface area contributed by atoms with Gasteiger partial charge in [0.05, 0.1) is 0 Å². The molecule has 0 fully saturated rings. The quantitative estimate of drug-likeness (QED) is 0.0493. The monoisotopic (exact) mass is 962 g/mol. The van der Waals surface area contributed by atoms with Crippen LogP contribution in [-0.2, 0) is 67.6 Å².